The summed E-state index contributed by atoms with van der Waals surface area (Å²) in [5.74, 6) is 0.406. The Bertz CT molecular complexity index is 255. The van der Waals surface area contributed by atoms with E-state index >= 15 is 0 Å². The number of rotatable bonds is 8. The van der Waals surface area contributed by atoms with Gasteiger partial charge in [-0.15, -0.1) is 0 Å². The Hall–Kier alpha value is -0.650. The van der Waals surface area contributed by atoms with E-state index in [4.69, 9.17) is 9.47 Å². The first kappa shape index (κ1) is 16.4. The molecule has 5 nitrogen and oxygen atoms in total. The monoisotopic (exact) mass is 272 g/mol. The molecule has 1 aliphatic rings. The summed E-state index contributed by atoms with van der Waals surface area (Å²) in [5, 5.41) is 3.24. The molecule has 0 aromatic carbocycles. The Labute approximate surface area is 116 Å². The molecule has 0 amide bonds. The third-order valence-electron chi connectivity index (χ3n) is 3.45. The van der Waals surface area contributed by atoms with Crippen LogP contribution in [0.5, 0.6) is 0 Å². The van der Waals surface area contributed by atoms with E-state index in [0.717, 1.165) is 39.1 Å². The Morgan fingerprint density at radius 1 is 1.58 bits per heavy atom. The van der Waals surface area contributed by atoms with E-state index in [1.165, 1.54) is 13.5 Å². The van der Waals surface area contributed by atoms with E-state index in [2.05, 4.69) is 24.2 Å². The number of likely N-dealkylation sites (N-methyl/N-ethyl adjacent to an activating group) is 1. The van der Waals surface area contributed by atoms with Crippen molar-refractivity contribution < 1.29 is 14.3 Å². The minimum absolute atomic E-state index is 0.180. The number of hydrogen-bond donors (Lipinski definition) is 1. The number of ether oxygens (including phenoxy) is 2. The lowest BCUT2D eigenvalue weighted by Crippen LogP contribution is -2.47. The zero-order valence-corrected chi connectivity index (χ0v) is 12.5. The Balaban J connectivity index is 2.36. The predicted octanol–water partition coefficient (Wildman–Crippen LogP) is 0.886. The highest BCUT2D eigenvalue weighted by Gasteiger charge is 2.22. The number of nitrogens with zero attached hydrogens (tertiary/aromatic N) is 1. The molecule has 1 N–H and O–H groups in total. The van der Waals surface area contributed by atoms with Crippen LogP contribution in [0, 0.1) is 5.92 Å². The van der Waals surface area contributed by atoms with E-state index in [9.17, 15) is 4.79 Å². The maximum absolute atomic E-state index is 11.7. The average molecular weight is 272 g/mol. The van der Waals surface area contributed by atoms with Crippen LogP contribution in [-0.2, 0) is 14.3 Å². The van der Waals surface area contributed by atoms with Crippen LogP contribution in [0.3, 0.4) is 0 Å². The predicted molar refractivity (Wildman–Crippen MR) is 75.1 cm³/mol. The van der Waals surface area contributed by atoms with Crippen molar-refractivity contribution in [3.63, 3.8) is 0 Å². The lowest BCUT2D eigenvalue weighted by molar-refractivity contribution is -0.143. The number of hydrogen-bond acceptors (Lipinski definition) is 5. The van der Waals surface area contributed by atoms with Crippen LogP contribution in [0.2, 0.25) is 0 Å². The van der Waals surface area contributed by atoms with E-state index in [-0.39, 0.29) is 12.0 Å². The fourth-order valence-corrected chi connectivity index (χ4v) is 2.46. The maximum atomic E-state index is 11.7. The summed E-state index contributed by atoms with van der Waals surface area (Å²) in [6, 6.07) is -0.237. The first-order chi connectivity index (χ1) is 9.17. The topological polar surface area (TPSA) is 50.8 Å². The molecule has 0 aliphatic carbocycles. The van der Waals surface area contributed by atoms with Gasteiger partial charge in [-0.3, -0.25) is 4.79 Å². The molecule has 1 rings (SSSR count). The molecule has 0 saturated carbocycles. The van der Waals surface area contributed by atoms with Crippen molar-refractivity contribution in [3.8, 4) is 0 Å². The van der Waals surface area contributed by atoms with Gasteiger partial charge in [0, 0.05) is 19.7 Å². The van der Waals surface area contributed by atoms with Crippen LogP contribution in [-0.4, -0.2) is 63.9 Å². The van der Waals surface area contributed by atoms with Gasteiger partial charge < -0.3 is 19.7 Å². The smallest absolute Gasteiger partial charge is 0.324 e. The van der Waals surface area contributed by atoms with Crippen molar-refractivity contribution in [2.24, 2.45) is 5.92 Å². The first-order valence-electron chi connectivity index (χ1n) is 7.24. The summed E-state index contributed by atoms with van der Waals surface area (Å²) in [4.78, 5) is 13.9. The quantitative estimate of drug-likeness (QED) is 0.665. The Kier molecular flexibility index (Phi) is 8.02. The fraction of sp³-hybridized carbons (Fsp3) is 0.929. The molecule has 0 spiro atoms. The molecule has 2 atom stereocenters. The molecule has 5 heteroatoms. The molecule has 1 heterocycles. The van der Waals surface area contributed by atoms with Crippen molar-refractivity contribution >= 4 is 5.97 Å². The molecule has 112 valence electrons. The molecule has 19 heavy (non-hydrogen) atoms. The molecule has 1 fully saturated rings. The number of carbonyl (C=O) groups excluding carboxylic acids is 1. The van der Waals surface area contributed by atoms with Crippen molar-refractivity contribution in [2.45, 2.75) is 32.2 Å². The van der Waals surface area contributed by atoms with Crippen molar-refractivity contribution in [1.82, 2.24) is 10.2 Å². The second kappa shape index (κ2) is 9.28. The SMILES string of the molecule is CCCNC(CN(C)CC1CCCOC1)C(=O)OC. The summed E-state index contributed by atoms with van der Waals surface area (Å²) < 4.78 is 10.3. The zero-order chi connectivity index (χ0) is 14.1. The third-order valence-corrected chi connectivity index (χ3v) is 3.45. The lowest BCUT2D eigenvalue weighted by atomic mass is 10.0. The van der Waals surface area contributed by atoms with Gasteiger partial charge in [0.15, 0.2) is 0 Å². The largest absolute Gasteiger partial charge is 0.468 e. The van der Waals surface area contributed by atoms with Gasteiger partial charge in [0.25, 0.3) is 0 Å². The molecule has 0 aromatic heterocycles. The van der Waals surface area contributed by atoms with E-state index in [1.807, 2.05) is 0 Å². The van der Waals surface area contributed by atoms with Crippen LogP contribution in [0.1, 0.15) is 26.2 Å². The highest BCUT2D eigenvalue weighted by atomic mass is 16.5. The van der Waals surface area contributed by atoms with Crippen LogP contribution in [0.25, 0.3) is 0 Å². The van der Waals surface area contributed by atoms with Crippen molar-refractivity contribution in [3.05, 3.63) is 0 Å². The second-order valence-corrected chi connectivity index (χ2v) is 5.33. The van der Waals surface area contributed by atoms with Crippen molar-refractivity contribution in [1.29, 1.82) is 0 Å². The number of nitrogens with one attached hydrogen (secondary N) is 1. The van der Waals surface area contributed by atoms with Gasteiger partial charge in [0.1, 0.15) is 6.04 Å². The number of carbonyl (C=O) groups is 1. The highest BCUT2D eigenvalue weighted by Crippen LogP contribution is 2.14. The highest BCUT2D eigenvalue weighted by molar-refractivity contribution is 5.75. The van der Waals surface area contributed by atoms with Crippen LogP contribution >= 0.6 is 0 Å². The normalized spacial score (nSPS) is 21.4. The van der Waals surface area contributed by atoms with E-state index in [0.29, 0.717) is 12.5 Å². The van der Waals surface area contributed by atoms with Crippen molar-refractivity contribution in [2.75, 3.05) is 47.0 Å². The molecule has 1 saturated heterocycles. The van der Waals surface area contributed by atoms with Crippen LogP contribution < -0.4 is 5.32 Å². The van der Waals surface area contributed by atoms with Crippen LogP contribution in [0.4, 0.5) is 0 Å². The molecule has 0 aromatic rings. The van der Waals surface area contributed by atoms with Gasteiger partial charge >= 0.3 is 5.97 Å². The van der Waals surface area contributed by atoms with Gasteiger partial charge in [0.2, 0.25) is 0 Å². The molecule has 0 bridgehead atoms. The van der Waals surface area contributed by atoms with E-state index < -0.39 is 0 Å². The second-order valence-electron chi connectivity index (χ2n) is 5.33. The van der Waals surface area contributed by atoms with Gasteiger partial charge in [-0.25, -0.2) is 0 Å². The summed E-state index contributed by atoms with van der Waals surface area (Å²) in [6.07, 6.45) is 3.37. The summed E-state index contributed by atoms with van der Waals surface area (Å²) in [5.41, 5.74) is 0. The molecule has 2 unspecified atom stereocenters. The number of esters is 1. The molecular formula is C14H28N2O3. The summed E-state index contributed by atoms with van der Waals surface area (Å²) in [6.45, 7) is 6.31. The van der Waals surface area contributed by atoms with Crippen LogP contribution in [0.15, 0.2) is 0 Å². The minimum atomic E-state index is -0.237. The van der Waals surface area contributed by atoms with Gasteiger partial charge in [-0.05, 0) is 38.8 Å². The third kappa shape index (κ3) is 6.36. The maximum Gasteiger partial charge on any atom is 0.324 e. The molecular weight excluding hydrogens is 244 g/mol. The standard InChI is InChI=1S/C14H28N2O3/c1-4-7-15-13(14(17)18-3)10-16(2)9-12-6-5-8-19-11-12/h12-13,15H,4-11H2,1-3H3. The Morgan fingerprint density at radius 3 is 2.95 bits per heavy atom. The average Bonchev–Trinajstić information content (AvgIpc) is 2.43. The summed E-state index contributed by atoms with van der Waals surface area (Å²) in [7, 11) is 3.50. The fourth-order valence-electron chi connectivity index (χ4n) is 2.46. The Morgan fingerprint density at radius 2 is 2.37 bits per heavy atom. The van der Waals surface area contributed by atoms with Gasteiger partial charge in [0.05, 0.1) is 13.7 Å². The molecule has 0 radical (unpaired) electrons. The minimum Gasteiger partial charge on any atom is -0.468 e. The number of methoxy groups -OCH3 is 1. The molecule has 1 aliphatic heterocycles. The zero-order valence-electron chi connectivity index (χ0n) is 12.5. The van der Waals surface area contributed by atoms with Gasteiger partial charge in [-0.1, -0.05) is 6.92 Å². The lowest BCUT2D eigenvalue weighted by Gasteiger charge is -2.29. The first-order valence-corrected chi connectivity index (χ1v) is 7.24. The summed E-state index contributed by atoms with van der Waals surface area (Å²) >= 11 is 0. The van der Waals surface area contributed by atoms with Gasteiger partial charge in [-0.2, -0.15) is 0 Å². The van der Waals surface area contributed by atoms with E-state index in [1.54, 1.807) is 0 Å².